The average molecular weight is 407 g/mol. The van der Waals surface area contributed by atoms with Crippen LogP contribution in [0, 0.1) is 0 Å². The lowest BCUT2D eigenvalue weighted by Crippen LogP contribution is -2.02. The molecule has 0 bridgehead atoms. The summed E-state index contributed by atoms with van der Waals surface area (Å²) in [4.78, 5) is 12.2. The summed E-state index contributed by atoms with van der Waals surface area (Å²) in [6.45, 7) is 2.21. The third-order valence-corrected chi connectivity index (χ3v) is 5.44. The molecule has 0 atom stereocenters. The van der Waals surface area contributed by atoms with Crippen molar-refractivity contribution in [2.75, 3.05) is 6.61 Å². The van der Waals surface area contributed by atoms with E-state index in [0.717, 1.165) is 24.0 Å². The largest absolute Gasteiger partial charge is 0.463 e. The van der Waals surface area contributed by atoms with E-state index in [-0.39, 0.29) is 5.97 Å². The third kappa shape index (κ3) is 5.29. The quantitative estimate of drug-likeness (QED) is 0.242. The zero-order valence-electron chi connectivity index (χ0n) is 17.8. The van der Waals surface area contributed by atoms with Gasteiger partial charge in [0.1, 0.15) is 0 Å². The normalized spacial score (nSPS) is 11.5. The molecule has 4 aromatic carbocycles. The van der Waals surface area contributed by atoms with Crippen LogP contribution in [0.25, 0.3) is 27.5 Å². The van der Waals surface area contributed by atoms with E-state index >= 15 is 0 Å². The highest BCUT2D eigenvalue weighted by Crippen LogP contribution is 2.26. The lowest BCUT2D eigenvalue weighted by Gasteiger charge is -2.11. The van der Waals surface area contributed by atoms with Gasteiger partial charge in [-0.3, -0.25) is 0 Å². The molecule has 0 N–H and O–H groups in total. The van der Waals surface area contributed by atoms with Gasteiger partial charge >= 0.3 is 5.97 Å². The Morgan fingerprint density at radius 1 is 0.774 bits per heavy atom. The number of ether oxygens (including phenoxy) is 1. The number of esters is 1. The monoisotopic (exact) mass is 406 g/mol. The van der Waals surface area contributed by atoms with E-state index in [1.807, 2.05) is 25.1 Å². The smallest absolute Gasteiger partial charge is 0.331 e. The predicted molar refractivity (Wildman–Crippen MR) is 129 cm³/mol. The molecule has 0 unspecified atom stereocenters. The number of carbonyl (C=O) groups excluding carboxylic acids is 1. The van der Waals surface area contributed by atoms with Gasteiger partial charge in [-0.25, -0.2) is 4.79 Å². The van der Waals surface area contributed by atoms with E-state index in [2.05, 4.69) is 78.9 Å². The van der Waals surface area contributed by atoms with Crippen molar-refractivity contribution < 1.29 is 9.53 Å². The second kappa shape index (κ2) is 9.90. The standard InChI is InChI=1S/C29H26O2/c1-2-31-29(30)21-28(27-19-18-24-10-6-7-11-26(24)20-27)17-14-22-12-15-25(16-13-22)23-8-4-3-5-9-23/h3-13,15-16,18-21H,2,14,17H2,1H3/b28-21+. The number of benzene rings is 4. The van der Waals surface area contributed by atoms with Crippen molar-refractivity contribution >= 4 is 22.3 Å². The lowest BCUT2D eigenvalue weighted by molar-refractivity contribution is -0.137. The van der Waals surface area contributed by atoms with E-state index in [1.165, 1.54) is 27.5 Å². The zero-order valence-corrected chi connectivity index (χ0v) is 17.8. The Hall–Kier alpha value is -3.65. The maximum absolute atomic E-state index is 12.2. The van der Waals surface area contributed by atoms with E-state index in [9.17, 15) is 4.79 Å². The maximum Gasteiger partial charge on any atom is 0.331 e. The summed E-state index contributed by atoms with van der Waals surface area (Å²) >= 11 is 0. The van der Waals surface area contributed by atoms with Gasteiger partial charge in [0.2, 0.25) is 0 Å². The fourth-order valence-electron chi connectivity index (χ4n) is 3.79. The minimum atomic E-state index is -0.287. The van der Waals surface area contributed by atoms with E-state index < -0.39 is 0 Å². The minimum Gasteiger partial charge on any atom is -0.463 e. The van der Waals surface area contributed by atoms with Crippen LogP contribution in [0.15, 0.2) is 103 Å². The van der Waals surface area contributed by atoms with E-state index in [0.29, 0.717) is 6.61 Å². The molecule has 0 radical (unpaired) electrons. The SMILES string of the molecule is CCOC(=O)/C=C(\CCc1ccc(-c2ccccc2)cc1)c1ccc2ccccc2c1. The first-order valence-corrected chi connectivity index (χ1v) is 10.7. The van der Waals surface area contributed by atoms with Crippen molar-refractivity contribution in [1.82, 2.24) is 0 Å². The second-order valence-electron chi connectivity index (χ2n) is 7.55. The van der Waals surface area contributed by atoms with E-state index in [1.54, 1.807) is 6.08 Å². The molecule has 0 saturated carbocycles. The van der Waals surface area contributed by atoms with Crippen LogP contribution in [0.1, 0.15) is 24.5 Å². The van der Waals surface area contributed by atoms with Gasteiger partial charge in [-0.05, 0) is 64.4 Å². The Balaban J connectivity index is 1.55. The summed E-state index contributed by atoms with van der Waals surface area (Å²) in [6, 6.07) is 33.7. The molecule has 0 saturated heterocycles. The number of carbonyl (C=O) groups is 1. The molecule has 0 fully saturated rings. The number of fused-ring (bicyclic) bond motifs is 1. The fraction of sp³-hybridized carbons (Fsp3) is 0.138. The van der Waals surface area contributed by atoms with Crippen molar-refractivity contribution in [1.29, 1.82) is 0 Å². The molecule has 0 aliphatic carbocycles. The first-order valence-electron chi connectivity index (χ1n) is 10.7. The predicted octanol–water partition coefficient (Wildman–Crippen LogP) is 7.09. The number of rotatable bonds is 7. The number of aryl methyl sites for hydroxylation is 1. The molecule has 4 rings (SSSR count). The van der Waals surface area contributed by atoms with Gasteiger partial charge in [0.15, 0.2) is 0 Å². The topological polar surface area (TPSA) is 26.3 Å². The molecular formula is C29H26O2. The Morgan fingerprint density at radius 3 is 2.19 bits per heavy atom. The number of hydrogen-bond acceptors (Lipinski definition) is 2. The first-order chi connectivity index (χ1) is 15.2. The highest BCUT2D eigenvalue weighted by molar-refractivity contribution is 5.93. The summed E-state index contributed by atoms with van der Waals surface area (Å²) in [5.41, 5.74) is 5.73. The fourth-order valence-corrected chi connectivity index (χ4v) is 3.79. The van der Waals surface area contributed by atoms with Gasteiger partial charge < -0.3 is 4.74 Å². The van der Waals surface area contributed by atoms with Crippen molar-refractivity contribution in [3.63, 3.8) is 0 Å². The maximum atomic E-state index is 12.2. The van der Waals surface area contributed by atoms with Crippen LogP contribution in [-0.2, 0) is 16.0 Å². The van der Waals surface area contributed by atoms with E-state index in [4.69, 9.17) is 4.74 Å². The first kappa shape index (κ1) is 20.6. The molecular weight excluding hydrogens is 380 g/mol. The van der Waals surface area contributed by atoms with Crippen LogP contribution in [-0.4, -0.2) is 12.6 Å². The molecule has 2 nitrogen and oxygen atoms in total. The van der Waals surface area contributed by atoms with Gasteiger partial charge in [0, 0.05) is 6.08 Å². The summed E-state index contributed by atoms with van der Waals surface area (Å²) < 4.78 is 5.18. The highest BCUT2D eigenvalue weighted by Gasteiger charge is 2.08. The molecule has 2 heteroatoms. The Morgan fingerprint density at radius 2 is 1.45 bits per heavy atom. The molecule has 0 heterocycles. The third-order valence-electron chi connectivity index (χ3n) is 5.44. The molecule has 0 aliphatic rings. The summed E-state index contributed by atoms with van der Waals surface area (Å²) in [5.74, 6) is -0.287. The van der Waals surface area contributed by atoms with Crippen molar-refractivity contribution in [3.8, 4) is 11.1 Å². The van der Waals surface area contributed by atoms with Crippen LogP contribution < -0.4 is 0 Å². The molecule has 0 aromatic heterocycles. The molecule has 154 valence electrons. The van der Waals surface area contributed by atoms with Gasteiger partial charge in [-0.2, -0.15) is 0 Å². The van der Waals surface area contributed by atoms with Gasteiger partial charge in [-0.1, -0.05) is 91.0 Å². The Kier molecular flexibility index (Phi) is 6.59. The van der Waals surface area contributed by atoms with Crippen LogP contribution in [0.5, 0.6) is 0 Å². The zero-order chi connectivity index (χ0) is 21.5. The summed E-state index contributed by atoms with van der Waals surface area (Å²) in [6.07, 6.45) is 3.26. The van der Waals surface area contributed by atoms with Gasteiger partial charge in [0.05, 0.1) is 6.61 Å². The second-order valence-corrected chi connectivity index (χ2v) is 7.55. The highest BCUT2D eigenvalue weighted by atomic mass is 16.5. The molecule has 0 amide bonds. The molecule has 0 spiro atoms. The lowest BCUT2D eigenvalue weighted by atomic mass is 9.95. The molecule has 4 aromatic rings. The van der Waals surface area contributed by atoms with Crippen molar-refractivity contribution in [3.05, 3.63) is 114 Å². The summed E-state index contributed by atoms with van der Waals surface area (Å²) in [5, 5.41) is 2.36. The van der Waals surface area contributed by atoms with Crippen LogP contribution in [0.2, 0.25) is 0 Å². The van der Waals surface area contributed by atoms with Crippen LogP contribution in [0.3, 0.4) is 0 Å². The Bertz CT molecular complexity index is 1190. The minimum absolute atomic E-state index is 0.287. The molecule has 0 aliphatic heterocycles. The van der Waals surface area contributed by atoms with Crippen LogP contribution in [0.4, 0.5) is 0 Å². The van der Waals surface area contributed by atoms with Crippen molar-refractivity contribution in [2.24, 2.45) is 0 Å². The van der Waals surface area contributed by atoms with Crippen molar-refractivity contribution in [2.45, 2.75) is 19.8 Å². The van der Waals surface area contributed by atoms with Gasteiger partial charge in [0.25, 0.3) is 0 Å². The number of allylic oxidation sites excluding steroid dienone is 1. The average Bonchev–Trinajstić information content (AvgIpc) is 2.82. The molecule has 31 heavy (non-hydrogen) atoms. The summed E-state index contributed by atoms with van der Waals surface area (Å²) in [7, 11) is 0. The number of hydrogen-bond donors (Lipinski definition) is 0. The Labute approximate surface area is 183 Å². The van der Waals surface area contributed by atoms with Gasteiger partial charge in [-0.15, -0.1) is 0 Å². The van der Waals surface area contributed by atoms with Crippen LogP contribution >= 0.6 is 0 Å².